The number of benzene rings is 1. The van der Waals surface area contributed by atoms with E-state index in [1.807, 2.05) is 31.2 Å². The van der Waals surface area contributed by atoms with Crippen molar-refractivity contribution in [1.29, 1.82) is 0 Å². The molecular formula is C11H14N2O. The van der Waals surface area contributed by atoms with Gasteiger partial charge in [0.05, 0.1) is 0 Å². The predicted molar refractivity (Wildman–Crippen MR) is 57.0 cm³/mol. The maximum absolute atomic E-state index is 5.86. The number of methoxy groups -OCH3 is 1. The molecule has 0 fully saturated rings. The Morgan fingerprint density at radius 2 is 2.07 bits per heavy atom. The van der Waals surface area contributed by atoms with E-state index in [-0.39, 0.29) is 6.23 Å². The van der Waals surface area contributed by atoms with Crippen molar-refractivity contribution in [1.82, 2.24) is 4.98 Å². The predicted octanol–water partition coefficient (Wildman–Crippen LogP) is 2.08. The lowest BCUT2D eigenvalue weighted by molar-refractivity contribution is 0.110. The third-order valence-electron chi connectivity index (χ3n) is 2.48. The minimum absolute atomic E-state index is 0.355. The van der Waals surface area contributed by atoms with E-state index in [4.69, 9.17) is 10.5 Å². The largest absolute Gasteiger partial charge is 0.362 e. The molecule has 1 atom stereocenters. The SMILES string of the molecule is COC(N)c1c(C)[nH]c2ccccc12. The normalized spacial score (nSPS) is 13.4. The number of aromatic nitrogens is 1. The van der Waals surface area contributed by atoms with Crippen molar-refractivity contribution in [2.24, 2.45) is 5.73 Å². The van der Waals surface area contributed by atoms with E-state index in [1.54, 1.807) is 7.11 Å². The Kier molecular flexibility index (Phi) is 2.27. The van der Waals surface area contributed by atoms with E-state index in [2.05, 4.69) is 4.98 Å². The average molecular weight is 190 g/mol. The van der Waals surface area contributed by atoms with Gasteiger partial charge in [0, 0.05) is 29.3 Å². The van der Waals surface area contributed by atoms with Gasteiger partial charge in [-0.1, -0.05) is 18.2 Å². The van der Waals surface area contributed by atoms with Gasteiger partial charge in [-0.05, 0) is 13.0 Å². The summed E-state index contributed by atoms with van der Waals surface area (Å²) in [5.74, 6) is 0. The first-order valence-corrected chi connectivity index (χ1v) is 4.59. The van der Waals surface area contributed by atoms with Crippen LogP contribution in [0.1, 0.15) is 17.5 Å². The summed E-state index contributed by atoms with van der Waals surface area (Å²) in [5, 5.41) is 1.14. The number of H-pyrrole nitrogens is 1. The highest BCUT2D eigenvalue weighted by atomic mass is 16.5. The van der Waals surface area contributed by atoms with Crippen LogP contribution in [0.5, 0.6) is 0 Å². The summed E-state index contributed by atoms with van der Waals surface area (Å²) in [6, 6.07) is 8.09. The Hall–Kier alpha value is -1.32. The first-order chi connectivity index (χ1) is 6.74. The van der Waals surface area contributed by atoms with Gasteiger partial charge in [-0.2, -0.15) is 0 Å². The molecule has 0 radical (unpaired) electrons. The zero-order valence-corrected chi connectivity index (χ0v) is 8.37. The number of fused-ring (bicyclic) bond motifs is 1. The van der Waals surface area contributed by atoms with Gasteiger partial charge in [0.1, 0.15) is 6.23 Å². The van der Waals surface area contributed by atoms with Crippen molar-refractivity contribution in [3.63, 3.8) is 0 Å². The maximum Gasteiger partial charge on any atom is 0.133 e. The van der Waals surface area contributed by atoms with Crippen molar-refractivity contribution in [3.8, 4) is 0 Å². The minimum atomic E-state index is -0.355. The van der Waals surface area contributed by atoms with Gasteiger partial charge in [0.2, 0.25) is 0 Å². The molecule has 1 aromatic heterocycles. The van der Waals surface area contributed by atoms with Crippen molar-refractivity contribution < 1.29 is 4.74 Å². The van der Waals surface area contributed by atoms with E-state index in [9.17, 15) is 0 Å². The molecule has 0 aliphatic carbocycles. The number of nitrogens with two attached hydrogens (primary N) is 1. The van der Waals surface area contributed by atoms with Crippen molar-refractivity contribution in [3.05, 3.63) is 35.5 Å². The molecule has 3 nitrogen and oxygen atoms in total. The van der Waals surface area contributed by atoms with E-state index in [0.717, 1.165) is 22.2 Å². The van der Waals surface area contributed by atoms with Crippen LogP contribution in [0, 0.1) is 6.92 Å². The van der Waals surface area contributed by atoms with Gasteiger partial charge in [-0.3, -0.25) is 0 Å². The lowest BCUT2D eigenvalue weighted by Crippen LogP contribution is -2.12. The molecule has 2 rings (SSSR count). The van der Waals surface area contributed by atoms with E-state index in [1.165, 1.54) is 0 Å². The number of hydrogen-bond donors (Lipinski definition) is 2. The number of nitrogens with one attached hydrogen (secondary N) is 1. The molecule has 0 aliphatic heterocycles. The number of para-hydroxylation sites is 1. The lowest BCUT2D eigenvalue weighted by Gasteiger charge is -2.09. The molecule has 3 N–H and O–H groups in total. The quantitative estimate of drug-likeness (QED) is 0.712. The van der Waals surface area contributed by atoms with Crippen LogP contribution in [0.3, 0.4) is 0 Å². The third-order valence-corrected chi connectivity index (χ3v) is 2.48. The van der Waals surface area contributed by atoms with Crippen molar-refractivity contribution >= 4 is 10.9 Å². The summed E-state index contributed by atoms with van der Waals surface area (Å²) in [6.45, 7) is 2.01. The van der Waals surface area contributed by atoms with Gasteiger partial charge in [0.15, 0.2) is 0 Å². The second kappa shape index (κ2) is 3.44. The van der Waals surface area contributed by atoms with Crippen LogP contribution in [0.25, 0.3) is 10.9 Å². The summed E-state index contributed by atoms with van der Waals surface area (Å²) < 4.78 is 5.14. The fraction of sp³-hybridized carbons (Fsp3) is 0.273. The molecule has 0 aliphatic rings. The molecule has 0 spiro atoms. The Labute approximate surface area is 82.9 Å². The van der Waals surface area contributed by atoms with Crippen LogP contribution in [0.15, 0.2) is 24.3 Å². The molecule has 74 valence electrons. The summed E-state index contributed by atoms with van der Waals surface area (Å²) in [7, 11) is 1.62. The van der Waals surface area contributed by atoms with Gasteiger partial charge in [-0.15, -0.1) is 0 Å². The second-order valence-corrected chi connectivity index (χ2v) is 3.37. The summed E-state index contributed by atoms with van der Waals surface area (Å²) in [5.41, 5.74) is 9.08. The third kappa shape index (κ3) is 1.31. The molecule has 14 heavy (non-hydrogen) atoms. The molecule has 0 saturated carbocycles. The molecule has 0 saturated heterocycles. The van der Waals surface area contributed by atoms with Crippen LogP contribution in [-0.2, 0) is 4.74 Å². The number of aryl methyl sites for hydroxylation is 1. The van der Waals surface area contributed by atoms with Gasteiger partial charge < -0.3 is 15.5 Å². The summed E-state index contributed by atoms with van der Waals surface area (Å²) >= 11 is 0. The zero-order chi connectivity index (χ0) is 10.1. The smallest absolute Gasteiger partial charge is 0.133 e. The molecule has 0 bridgehead atoms. The highest BCUT2D eigenvalue weighted by Gasteiger charge is 2.13. The number of ether oxygens (including phenoxy) is 1. The molecule has 1 heterocycles. The maximum atomic E-state index is 5.86. The highest BCUT2D eigenvalue weighted by molar-refractivity contribution is 5.84. The topological polar surface area (TPSA) is 51.0 Å². The van der Waals surface area contributed by atoms with Gasteiger partial charge in [0.25, 0.3) is 0 Å². The molecule has 2 aromatic rings. The monoisotopic (exact) mass is 190 g/mol. The van der Waals surface area contributed by atoms with Crippen molar-refractivity contribution in [2.75, 3.05) is 7.11 Å². The fourth-order valence-electron chi connectivity index (χ4n) is 1.78. The van der Waals surface area contributed by atoms with E-state index in [0.29, 0.717) is 0 Å². The summed E-state index contributed by atoms with van der Waals surface area (Å²) in [4.78, 5) is 3.28. The molecule has 1 aromatic carbocycles. The Morgan fingerprint density at radius 1 is 1.36 bits per heavy atom. The average Bonchev–Trinajstić information content (AvgIpc) is 2.53. The Bertz CT molecular complexity index is 447. The number of hydrogen-bond acceptors (Lipinski definition) is 2. The molecule has 3 heteroatoms. The Balaban J connectivity index is 2.67. The zero-order valence-electron chi connectivity index (χ0n) is 8.37. The first kappa shape index (κ1) is 9.24. The molecular weight excluding hydrogens is 176 g/mol. The molecule has 1 unspecified atom stereocenters. The van der Waals surface area contributed by atoms with E-state index < -0.39 is 0 Å². The second-order valence-electron chi connectivity index (χ2n) is 3.37. The minimum Gasteiger partial charge on any atom is -0.362 e. The Morgan fingerprint density at radius 3 is 2.79 bits per heavy atom. The number of aromatic amines is 1. The summed E-state index contributed by atoms with van der Waals surface area (Å²) in [6.07, 6.45) is -0.355. The van der Waals surface area contributed by atoms with Crippen LogP contribution >= 0.6 is 0 Å². The van der Waals surface area contributed by atoms with E-state index >= 15 is 0 Å². The standard InChI is InChI=1S/C11H14N2O/c1-7-10(11(12)14-2)8-5-3-4-6-9(8)13-7/h3-6,11,13H,12H2,1-2H3. The molecule has 0 amide bonds. The van der Waals surface area contributed by atoms with Crippen LogP contribution in [0.2, 0.25) is 0 Å². The fourth-order valence-corrected chi connectivity index (χ4v) is 1.78. The highest BCUT2D eigenvalue weighted by Crippen LogP contribution is 2.26. The number of rotatable bonds is 2. The van der Waals surface area contributed by atoms with Gasteiger partial charge >= 0.3 is 0 Å². The van der Waals surface area contributed by atoms with Crippen LogP contribution < -0.4 is 5.73 Å². The van der Waals surface area contributed by atoms with Gasteiger partial charge in [-0.25, -0.2) is 0 Å². The van der Waals surface area contributed by atoms with Crippen LogP contribution in [0.4, 0.5) is 0 Å². The first-order valence-electron chi connectivity index (χ1n) is 4.59. The van der Waals surface area contributed by atoms with Crippen LogP contribution in [-0.4, -0.2) is 12.1 Å². The van der Waals surface area contributed by atoms with Crippen molar-refractivity contribution in [2.45, 2.75) is 13.2 Å². The lowest BCUT2D eigenvalue weighted by atomic mass is 10.1.